The van der Waals surface area contributed by atoms with Crippen molar-refractivity contribution < 1.29 is 13.7 Å². The summed E-state index contributed by atoms with van der Waals surface area (Å²) in [6.45, 7) is 2.05. The van der Waals surface area contributed by atoms with Gasteiger partial charge in [0.2, 0.25) is 5.88 Å². The molecule has 1 unspecified atom stereocenters. The van der Waals surface area contributed by atoms with Crippen LogP contribution >= 0.6 is 11.3 Å². The summed E-state index contributed by atoms with van der Waals surface area (Å²) in [5.74, 6) is -0.309. The Hall–Kier alpha value is -3.35. The van der Waals surface area contributed by atoms with Crippen molar-refractivity contribution >= 4 is 39.4 Å². The second kappa shape index (κ2) is 9.12. The van der Waals surface area contributed by atoms with Crippen molar-refractivity contribution in [2.45, 2.75) is 18.2 Å². The Bertz CT molecular complexity index is 1470. The maximum Gasteiger partial charge on any atom is 0.230 e. The van der Waals surface area contributed by atoms with Crippen LogP contribution < -0.4 is 0 Å². The molecule has 3 nitrogen and oxygen atoms in total. The zero-order chi connectivity index (χ0) is 23.8. The molecule has 0 fully saturated rings. The second-order valence-electron chi connectivity index (χ2n) is 8.25. The van der Waals surface area contributed by atoms with Gasteiger partial charge in [0.1, 0.15) is 10.8 Å². The van der Waals surface area contributed by atoms with Crippen molar-refractivity contribution in [3.63, 3.8) is 0 Å². The maximum absolute atomic E-state index is 14.2. The third-order valence-electron chi connectivity index (χ3n) is 5.89. The average Bonchev–Trinajstić information content (AvgIpc) is 3.37. The highest BCUT2D eigenvalue weighted by molar-refractivity contribution is 7.84. The predicted molar refractivity (Wildman–Crippen MR) is 139 cm³/mol. The zero-order valence-corrected chi connectivity index (χ0v) is 20.3. The summed E-state index contributed by atoms with van der Waals surface area (Å²) in [4.78, 5) is 5.97. The quantitative estimate of drug-likeness (QED) is 0.331. The minimum Gasteiger partial charge on any atom is -0.492 e. The lowest BCUT2D eigenvalue weighted by Gasteiger charge is -2.11. The summed E-state index contributed by atoms with van der Waals surface area (Å²) in [5, 5.41) is 11.4. The molecule has 3 aromatic carbocycles. The number of benzene rings is 3. The van der Waals surface area contributed by atoms with E-state index in [1.807, 2.05) is 66.7 Å². The summed E-state index contributed by atoms with van der Waals surface area (Å²) >= 11 is 1.41. The first-order chi connectivity index (χ1) is 16.4. The summed E-state index contributed by atoms with van der Waals surface area (Å²) in [6, 6.07) is 22.1. The third-order valence-corrected chi connectivity index (χ3v) is 7.95. The van der Waals surface area contributed by atoms with Crippen LogP contribution in [0.25, 0.3) is 27.7 Å². The molecule has 1 aromatic heterocycles. The Morgan fingerprint density at radius 2 is 1.82 bits per heavy atom. The fraction of sp³-hybridized carbons (Fsp3) is 0.107. The molecule has 0 radical (unpaired) electrons. The monoisotopic (exact) mass is 487 g/mol. The number of hydrogen-bond donors (Lipinski definition) is 1. The van der Waals surface area contributed by atoms with Gasteiger partial charge in [-0.2, -0.15) is 0 Å². The van der Waals surface area contributed by atoms with Gasteiger partial charge >= 0.3 is 0 Å². The molecule has 1 N–H and O–H groups in total. The summed E-state index contributed by atoms with van der Waals surface area (Å²) in [5.41, 5.74) is 6.60. The third kappa shape index (κ3) is 4.27. The van der Waals surface area contributed by atoms with Crippen LogP contribution in [0.4, 0.5) is 4.39 Å². The molecule has 34 heavy (non-hydrogen) atoms. The molecule has 1 heterocycles. The number of aromatic nitrogens is 1. The number of rotatable bonds is 5. The van der Waals surface area contributed by atoms with E-state index in [1.54, 1.807) is 12.3 Å². The van der Waals surface area contributed by atoms with Gasteiger partial charge in [-0.05, 0) is 71.5 Å². The van der Waals surface area contributed by atoms with Crippen molar-refractivity contribution in [2.24, 2.45) is 0 Å². The van der Waals surface area contributed by atoms with Crippen LogP contribution in [0.3, 0.4) is 0 Å². The van der Waals surface area contributed by atoms with E-state index >= 15 is 0 Å². The lowest BCUT2D eigenvalue weighted by atomic mass is 9.96. The molecule has 0 spiro atoms. The number of hydrogen-bond acceptors (Lipinski definition) is 4. The Labute approximate surface area is 204 Å². The van der Waals surface area contributed by atoms with Crippen molar-refractivity contribution in [3.05, 3.63) is 106 Å². The lowest BCUT2D eigenvalue weighted by molar-refractivity contribution is 0.459. The van der Waals surface area contributed by atoms with Crippen LogP contribution in [-0.2, 0) is 17.2 Å². The first-order valence-corrected chi connectivity index (χ1v) is 13.2. The minimum absolute atomic E-state index is 0.0236. The Balaban J connectivity index is 1.69. The Kier molecular flexibility index (Phi) is 6.02. The molecule has 4 aromatic rings. The van der Waals surface area contributed by atoms with Crippen molar-refractivity contribution in [3.8, 4) is 16.3 Å². The first-order valence-electron chi connectivity index (χ1n) is 10.8. The van der Waals surface area contributed by atoms with Crippen LogP contribution in [0.1, 0.15) is 28.6 Å². The molecule has 1 atom stereocenters. The van der Waals surface area contributed by atoms with Gasteiger partial charge in [0, 0.05) is 27.5 Å². The highest BCUT2D eigenvalue weighted by Crippen LogP contribution is 2.46. The minimum atomic E-state index is -1.06. The average molecular weight is 488 g/mol. The zero-order valence-electron chi connectivity index (χ0n) is 18.7. The Morgan fingerprint density at radius 3 is 2.53 bits per heavy atom. The van der Waals surface area contributed by atoms with Crippen LogP contribution in [-0.4, -0.2) is 20.6 Å². The van der Waals surface area contributed by atoms with Gasteiger partial charge in [-0.15, -0.1) is 11.3 Å². The van der Waals surface area contributed by atoms with Gasteiger partial charge in [0.15, 0.2) is 0 Å². The molecule has 0 saturated carbocycles. The van der Waals surface area contributed by atoms with Crippen LogP contribution in [0.15, 0.2) is 83.3 Å². The molecular formula is C28H22FNO2S2. The molecule has 0 bridgehead atoms. The molecule has 6 heteroatoms. The van der Waals surface area contributed by atoms with Gasteiger partial charge in [-0.25, -0.2) is 9.37 Å². The summed E-state index contributed by atoms with van der Waals surface area (Å²) in [7, 11) is -1.06. The predicted octanol–water partition coefficient (Wildman–Crippen LogP) is 6.96. The van der Waals surface area contributed by atoms with E-state index in [0.29, 0.717) is 9.88 Å². The van der Waals surface area contributed by atoms with Gasteiger partial charge in [-0.1, -0.05) is 54.1 Å². The molecule has 0 saturated heterocycles. The Morgan fingerprint density at radius 1 is 1.09 bits per heavy atom. The lowest BCUT2D eigenvalue weighted by Crippen LogP contribution is -1.92. The number of fused-ring (bicyclic) bond motifs is 1. The molecule has 1 aliphatic rings. The summed E-state index contributed by atoms with van der Waals surface area (Å²) < 4.78 is 26.1. The van der Waals surface area contributed by atoms with Crippen molar-refractivity contribution in [1.29, 1.82) is 0 Å². The van der Waals surface area contributed by atoms with E-state index in [4.69, 9.17) is 0 Å². The van der Waals surface area contributed by atoms with Gasteiger partial charge in [0.25, 0.3) is 0 Å². The van der Waals surface area contributed by atoms with Crippen LogP contribution in [0.5, 0.6) is 5.88 Å². The van der Waals surface area contributed by atoms with E-state index in [1.165, 1.54) is 17.4 Å². The van der Waals surface area contributed by atoms with Crippen molar-refractivity contribution in [2.75, 3.05) is 6.26 Å². The van der Waals surface area contributed by atoms with Crippen molar-refractivity contribution in [1.82, 2.24) is 4.98 Å². The number of thiazole rings is 1. The fourth-order valence-corrected chi connectivity index (χ4v) is 5.79. The highest BCUT2D eigenvalue weighted by atomic mass is 32.2. The fourth-order valence-electron chi connectivity index (χ4n) is 4.28. The second-order valence-corrected chi connectivity index (χ2v) is 10.6. The van der Waals surface area contributed by atoms with E-state index in [-0.39, 0.29) is 11.7 Å². The molecule has 5 rings (SSSR count). The van der Waals surface area contributed by atoms with E-state index in [9.17, 15) is 13.7 Å². The van der Waals surface area contributed by atoms with Gasteiger partial charge < -0.3 is 5.11 Å². The molecule has 1 aliphatic carbocycles. The molecule has 0 amide bonds. The smallest absolute Gasteiger partial charge is 0.230 e. The number of allylic oxidation sites excluding steroid dienone is 3. The van der Waals surface area contributed by atoms with Crippen LogP contribution in [0.2, 0.25) is 0 Å². The molecule has 0 aliphatic heterocycles. The standard InChI is InChI=1S/C28H22FNO2S2/c1-17-14-20-10-11-21(29)16-23(20)25(17)24(15-18-8-12-22(13-9-18)34(2)32)28-30-27(31)26(33-28)19-6-4-3-5-7-19/h3-13,15-16,31H,14H2,1-2H3. The first kappa shape index (κ1) is 22.4. The van der Waals surface area contributed by atoms with Gasteiger partial charge in [-0.3, -0.25) is 4.21 Å². The number of nitrogens with zero attached hydrogens (tertiary/aromatic N) is 1. The van der Waals surface area contributed by atoms with Gasteiger partial charge in [0.05, 0.1) is 4.88 Å². The molecule has 170 valence electrons. The highest BCUT2D eigenvalue weighted by Gasteiger charge is 2.26. The van der Waals surface area contributed by atoms with E-state index in [2.05, 4.69) is 11.9 Å². The number of aromatic hydroxyl groups is 1. The molecular weight excluding hydrogens is 465 g/mol. The number of halogens is 1. The maximum atomic E-state index is 14.2. The van der Waals surface area contributed by atoms with E-state index in [0.717, 1.165) is 50.3 Å². The van der Waals surface area contributed by atoms with Crippen LogP contribution in [0, 0.1) is 5.82 Å². The summed E-state index contributed by atoms with van der Waals surface area (Å²) in [6.07, 6.45) is 4.39. The van der Waals surface area contributed by atoms with E-state index < -0.39 is 10.8 Å². The topological polar surface area (TPSA) is 50.2 Å². The largest absolute Gasteiger partial charge is 0.492 e. The normalized spacial score (nSPS) is 14.4. The SMILES string of the molecule is CC1=C(C(=Cc2ccc(S(C)=O)cc2)c2nc(O)c(-c3ccccc3)s2)c2cc(F)ccc2C1.